The van der Waals surface area contributed by atoms with E-state index in [-0.39, 0.29) is 23.7 Å². The Balaban J connectivity index is 1.99. The topological polar surface area (TPSA) is 71.1 Å². The van der Waals surface area contributed by atoms with Gasteiger partial charge in [-0.2, -0.15) is 0 Å². The van der Waals surface area contributed by atoms with Crippen molar-refractivity contribution < 1.29 is 9.59 Å². The van der Waals surface area contributed by atoms with Crippen molar-refractivity contribution in [2.75, 3.05) is 12.4 Å². The number of aromatic nitrogens is 1. The molecule has 0 aliphatic heterocycles. The fourth-order valence-electron chi connectivity index (χ4n) is 2.79. The van der Waals surface area contributed by atoms with Gasteiger partial charge in [0.05, 0.1) is 0 Å². The van der Waals surface area contributed by atoms with Crippen LogP contribution >= 0.6 is 0 Å². The highest BCUT2D eigenvalue weighted by molar-refractivity contribution is 5.92. The number of hydrogen-bond acceptors (Lipinski definition) is 3. The first-order chi connectivity index (χ1) is 10.0. The fourth-order valence-corrected chi connectivity index (χ4v) is 2.79. The molecule has 2 rings (SSSR count). The first-order valence-corrected chi connectivity index (χ1v) is 7.47. The second-order valence-electron chi connectivity index (χ2n) is 5.82. The molecule has 0 spiro atoms. The van der Waals surface area contributed by atoms with E-state index >= 15 is 0 Å². The molecule has 0 bridgehead atoms. The summed E-state index contributed by atoms with van der Waals surface area (Å²) in [5.74, 6) is 0.443. The molecule has 1 aliphatic carbocycles. The summed E-state index contributed by atoms with van der Waals surface area (Å²) in [6.07, 6.45) is 5.00. The van der Waals surface area contributed by atoms with Crippen molar-refractivity contribution in [1.29, 1.82) is 0 Å². The van der Waals surface area contributed by atoms with E-state index in [1.54, 1.807) is 13.2 Å². The molecule has 1 fully saturated rings. The zero-order chi connectivity index (χ0) is 15.4. The van der Waals surface area contributed by atoms with Gasteiger partial charge in [-0.3, -0.25) is 9.59 Å². The number of nitrogens with one attached hydrogen (secondary N) is 2. The molecule has 114 valence electrons. The Kier molecular flexibility index (Phi) is 4.94. The Morgan fingerprint density at radius 3 is 2.43 bits per heavy atom. The Labute approximate surface area is 125 Å². The molecule has 1 aromatic heterocycles. The quantitative estimate of drug-likeness (QED) is 0.896. The smallest absolute Gasteiger partial charge is 0.228 e. The van der Waals surface area contributed by atoms with Crippen LogP contribution in [0.15, 0.2) is 12.3 Å². The van der Waals surface area contributed by atoms with Crippen molar-refractivity contribution in [2.24, 2.45) is 11.8 Å². The maximum atomic E-state index is 12.3. The van der Waals surface area contributed by atoms with E-state index in [1.165, 1.54) is 0 Å². The van der Waals surface area contributed by atoms with Gasteiger partial charge in [0.1, 0.15) is 5.82 Å². The van der Waals surface area contributed by atoms with Crippen LogP contribution in [-0.4, -0.2) is 23.8 Å². The molecule has 1 aromatic rings. The average molecular weight is 289 g/mol. The van der Waals surface area contributed by atoms with Crippen molar-refractivity contribution in [3.63, 3.8) is 0 Å². The molecular weight excluding hydrogens is 266 g/mol. The van der Waals surface area contributed by atoms with Gasteiger partial charge >= 0.3 is 0 Å². The summed E-state index contributed by atoms with van der Waals surface area (Å²) in [4.78, 5) is 28.3. The maximum absolute atomic E-state index is 12.3. The number of hydrogen-bond donors (Lipinski definition) is 2. The molecule has 2 atom stereocenters. The number of carbonyl (C=O) groups is 2. The predicted molar refractivity (Wildman–Crippen MR) is 81.9 cm³/mol. The van der Waals surface area contributed by atoms with E-state index in [9.17, 15) is 9.59 Å². The van der Waals surface area contributed by atoms with Crippen LogP contribution in [0.25, 0.3) is 0 Å². The maximum Gasteiger partial charge on any atom is 0.228 e. The number of amides is 2. The number of nitrogens with zero attached hydrogens (tertiary/aromatic N) is 1. The highest BCUT2D eigenvalue weighted by Gasteiger charge is 2.30. The van der Waals surface area contributed by atoms with Crippen LogP contribution in [0.2, 0.25) is 0 Å². The third-order valence-electron chi connectivity index (χ3n) is 4.29. The second kappa shape index (κ2) is 6.70. The molecule has 1 aliphatic rings. The Morgan fingerprint density at radius 1 is 1.14 bits per heavy atom. The van der Waals surface area contributed by atoms with E-state index in [1.807, 2.05) is 19.9 Å². The molecule has 0 aromatic carbocycles. The molecule has 0 saturated heterocycles. The third kappa shape index (κ3) is 3.80. The predicted octanol–water partition coefficient (Wildman–Crippen LogP) is 2.19. The van der Waals surface area contributed by atoms with Gasteiger partial charge < -0.3 is 10.6 Å². The van der Waals surface area contributed by atoms with Gasteiger partial charge in [-0.05, 0) is 50.3 Å². The normalized spacial score (nSPS) is 21.7. The van der Waals surface area contributed by atoms with Gasteiger partial charge in [0, 0.05) is 25.1 Å². The van der Waals surface area contributed by atoms with Gasteiger partial charge in [0.2, 0.25) is 11.8 Å². The first-order valence-electron chi connectivity index (χ1n) is 7.47. The molecule has 2 amide bonds. The third-order valence-corrected chi connectivity index (χ3v) is 4.29. The molecule has 21 heavy (non-hydrogen) atoms. The standard InChI is InChI=1S/C16H23N3O2/c1-10-7-14(18-9-11(10)2)19-16(21)13-6-4-5-12(8-13)15(20)17-3/h7,9,12-13H,4-6,8H2,1-3H3,(H,17,20)(H,18,19,21)/t12-,13+/m1/s1. The minimum atomic E-state index is -0.107. The van der Waals surface area contributed by atoms with E-state index in [0.29, 0.717) is 12.2 Å². The SMILES string of the molecule is CNC(=O)[C@@H]1CCC[C@H](C(=O)Nc2cc(C)c(C)cn2)C1. The van der Waals surface area contributed by atoms with Crippen LogP contribution in [0.1, 0.15) is 36.8 Å². The van der Waals surface area contributed by atoms with Gasteiger partial charge in [0.25, 0.3) is 0 Å². The lowest BCUT2D eigenvalue weighted by Gasteiger charge is -2.27. The lowest BCUT2D eigenvalue weighted by Crippen LogP contribution is -2.35. The van der Waals surface area contributed by atoms with Crippen LogP contribution in [-0.2, 0) is 9.59 Å². The lowest BCUT2D eigenvalue weighted by molar-refractivity contribution is -0.127. The van der Waals surface area contributed by atoms with Crippen molar-refractivity contribution in [1.82, 2.24) is 10.3 Å². The van der Waals surface area contributed by atoms with Crippen molar-refractivity contribution in [3.8, 4) is 0 Å². The molecular formula is C16H23N3O2. The zero-order valence-electron chi connectivity index (χ0n) is 12.9. The van der Waals surface area contributed by atoms with Gasteiger partial charge in [0.15, 0.2) is 0 Å². The van der Waals surface area contributed by atoms with Crippen molar-refractivity contribution >= 4 is 17.6 Å². The largest absolute Gasteiger partial charge is 0.359 e. The first kappa shape index (κ1) is 15.5. The lowest BCUT2D eigenvalue weighted by atomic mass is 9.80. The molecule has 1 saturated carbocycles. The van der Waals surface area contributed by atoms with Gasteiger partial charge in [-0.25, -0.2) is 4.98 Å². The zero-order valence-corrected chi connectivity index (χ0v) is 12.9. The van der Waals surface area contributed by atoms with Gasteiger partial charge in [-0.1, -0.05) is 6.42 Å². The van der Waals surface area contributed by atoms with E-state index in [0.717, 1.165) is 30.4 Å². The summed E-state index contributed by atoms with van der Waals surface area (Å²) < 4.78 is 0. The Hall–Kier alpha value is -1.91. The minimum Gasteiger partial charge on any atom is -0.359 e. The van der Waals surface area contributed by atoms with Crippen molar-refractivity contribution in [3.05, 3.63) is 23.4 Å². The van der Waals surface area contributed by atoms with E-state index in [4.69, 9.17) is 0 Å². The summed E-state index contributed by atoms with van der Waals surface area (Å²) in [7, 11) is 1.64. The van der Waals surface area contributed by atoms with E-state index in [2.05, 4.69) is 15.6 Å². The van der Waals surface area contributed by atoms with Crippen molar-refractivity contribution in [2.45, 2.75) is 39.5 Å². The van der Waals surface area contributed by atoms with E-state index < -0.39 is 0 Å². The fraction of sp³-hybridized carbons (Fsp3) is 0.562. The number of rotatable bonds is 3. The minimum absolute atomic E-state index is 0.0284. The summed E-state index contributed by atoms with van der Waals surface area (Å²) in [6, 6.07) is 1.88. The average Bonchev–Trinajstić information content (AvgIpc) is 2.50. The molecule has 2 N–H and O–H groups in total. The highest BCUT2D eigenvalue weighted by atomic mass is 16.2. The number of pyridine rings is 1. The summed E-state index contributed by atoms with van der Waals surface area (Å²) in [5.41, 5.74) is 2.21. The van der Waals surface area contributed by atoms with Crippen LogP contribution < -0.4 is 10.6 Å². The van der Waals surface area contributed by atoms with Crippen LogP contribution in [0.4, 0.5) is 5.82 Å². The second-order valence-corrected chi connectivity index (χ2v) is 5.82. The summed E-state index contributed by atoms with van der Waals surface area (Å²) in [5, 5.41) is 5.55. The molecule has 0 unspecified atom stereocenters. The molecule has 0 radical (unpaired) electrons. The number of aryl methyl sites for hydroxylation is 2. The van der Waals surface area contributed by atoms with Gasteiger partial charge in [-0.15, -0.1) is 0 Å². The van der Waals surface area contributed by atoms with Crippen LogP contribution in [0.5, 0.6) is 0 Å². The molecule has 5 nitrogen and oxygen atoms in total. The monoisotopic (exact) mass is 289 g/mol. The summed E-state index contributed by atoms with van der Waals surface area (Å²) >= 11 is 0. The van der Waals surface area contributed by atoms with Crippen LogP contribution in [0.3, 0.4) is 0 Å². The Morgan fingerprint density at radius 2 is 1.81 bits per heavy atom. The number of carbonyl (C=O) groups excluding carboxylic acids is 2. The Bertz CT molecular complexity index is 542. The summed E-state index contributed by atoms with van der Waals surface area (Å²) in [6.45, 7) is 3.98. The van der Waals surface area contributed by atoms with Crippen LogP contribution in [0, 0.1) is 25.7 Å². The number of anilines is 1. The highest BCUT2D eigenvalue weighted by Crippen LogP contribution is 2.30. The molecule has 1 heterocycles. The molecule has 5 heteroatoms.